The van der Waals surface area contributed by atoms with E-state index in [9.17, 15) is 19.8 Å². The van der Waals surface area contributed by atoms with Gasteiger partial charge in [0.05, 0.1) is 11.1 Å². The van der Waals surface area contributed by atoms with Gasteiger partial charge in [-0.25, -0.2) is 9.59 Å². The van der Waals surface area contributed by atoms with Crippen molar-refractivity contribution in [3.05, 3.63) is 278 Å². The third kappa shape index (κ3) is 8.40. The minimum Gasteiger partial charge on any atom is -0.478 e. The second kappa shape index (κ2) is 19.6. The standard InChI is InChI=1S/C74H46O6/c75-73(76)65-37-33-53(43-67(65)63-27-11-19-47-15-3-7-23-57(47)63)79-69-39-31-51-41-49(59-25-9-17-45-13-1-5-21-55(45)59)29-35-61(51)71(69)72-62-36-30-50(60-26-10-18-46-14-2-6-22-56(46)60)42-52(62)32-40-70(72)80-54-34-38-66(74(77)78)68(44-54)64-28-12-20-48-16-4-8-24-58(48)64/h1-44H,(H,75,76)(H,77,78). The zero-order valence-electron chi connectivity index (χ0n) is 42.9. The maximum absolute atomic E-state index is 13.0. The lowest BCUT2D eigenvalue weighted by Crippen LogP contribution is -2.01. The minimum atomic E-state index is -1.05. The molecule has 2 N–H and O–H groups in total. The Bertz CT molecular complexity index is 4530. The molecule has 0 fully saturated rings. The van der Waals surface area contributed by atoms with Gasteiger partial charge in [-0.05, 0) is 159 Å². The molecule has 0 aliphatic rings. The predicted molar refractivity (Wildman–Crippen MR) is 326 cm³/mol. The van der Waals surface area contributed by atoms with Gasteiger partial charge in [0, 0.05) is 22.3 Å². The van der Waals surface area contributed by atoms with Gasteiger partial charge in [-0.15, -0.1) is 0 Å². The lowest BCUT2D eigenvalue weighted by atomic mass is 9.89. The van der Waals surface area contributed by atoms with Gasteiger partial charge < -0.3 is 19.7 Å². The third-order valence-electron chi connectivity index (χ3n) is 15.5. The van der Waals surface area contributed by atoms with Crippen LogP contribution in [0.2, 0.25) is 0 Å². The summed E-state index contributed by atoms with van der Waals surface area (Å²) in [5, 5.41) is 33.3. The fourth-order valence-electron chi connectivity index (χ4n) is 11.8. The highest BCUT2D eigenvalue weighted by Crippen LogP contribution is 2.50. The first-order valence-electron chi connectivity index (χ1n) is 26.5. The van der Waals surface area contributed by atoms with Crippen molar-refractivity contribution in [2.75, 3.05) is 0 Å². The number of carbonyl (C=O) groups is 2. The van der Waals surface area contributed by atoms with Crippen LogP contribution in [-0.4, -0.2) is 22.2 Å². The van der Waals surface area contributed by atoms with Crippen molar-refractivity contribution in [1.82, 2.24) is 0 Å². The zero-order valence-corrected chi connectivity index (χ0v) is 42.9. The summed E-state index contributed by atoms with van der Waals surface area (Å²) in [5.41, 5.74) is 8.69. The van der Waals surface area contributed by atoms with Crippen LogP contribution in [0.15, 0.2) is 267 Å². The summed E-state index contributed by atoms with van der Waals surface area (Å²) in [4.78, 5) is 26.0. The molecule has 6 nitrogen and oxygen atoms in total. The summed E-state index contributed by atoms with van der Waals surface area (Å²) < 4.78 is 14.4. The molecule has 0 saturated carbocycles. The lowest BCUT2D eigenvalue weighted by molar-refractivity contribution is 0.0687. The van der Waals surface area contributed by atoms with Gasteiger partial charge in [-0.2, -0.15) is 0 Å². The molecule has 0 aliphatic carbocycles. The van der Waals surface area contributed by atoms with E-state index in [-0.39, 0.29) is 11.1 Å². The Kier molecular flexibility index (Phi) is 11.7. The third-order valence-corrected chi connectivity index (χ3v) is 15.5. The van der Waals surface area contributed by atoms with Gasteiger partial charge in [0.1, 0.15) is 23.0 Å². The molecule has 0 spiro atoms. The number of hydrogen-bond acceptors (Lipinski definition) is 4. The Morgan fingerprint density at radius 1 is 0.263 bits per heavy atom. The first kappa shape index (κ1) is 47.6. The molecule has 0 aromatic heterocycles. The van der Waals surface area contributed by atoms with E-state index in [1.54, 1.807) is 24.3 Å². The van der Waals surface area contributed by atoms with Gasteiger partial charge in [0.2, 0.25) is 0 Å². The van der Waals surface area contributed by atoms with Crippen LogP contribution in [0.3, 0.4) is 0 Å². The molecule has 14 aromatic carbocycles. The molecule has 14 rings (SSSR count). The molecule has 80 heavy (non-hydrogen) atoms. The molecule has 0 saturated heterocycles. The van der Waals surface area contributed by atoms with Crippen molar-refractivity contribution in [1.29, 1.82) is 0 Å². The Balaban J connectivity index is 1.01. The van der Waals surface area contributed by atoms with E-state index in [2.05, 4.69) is 133 Å². The average Bonchev–Trinajstić information content (AvgIpc) is 3.55. The first-order chi connectivity index (χ1) is 39.3. The number of aromatic carboxylic acids is 2. The summed E-state index contributed by atoms with van der Waals surface area (Å²) in [6.07, 6.45) is 0. The molecule has 0 aliphatic heterocycles. The molecule has 0 atom stereocenters. The summed E-state index contributed by atoms with van der Waals surface area (Å²) in [6.45, 7) is 0. The molecular formula is C74H46O6. The van der Waals surface area contributed by atoms with Crippen LogP contribution in [0, 0.1) is 0 Å². The van der Waals surface area contributed by atoms with E-state index in [4.69, 9.17) is 9.47 Å². The van der Waals surface area contributed by atoms with Crippen LogP contribution in [-0.2, 0) is 0 Å². The SMILES string of the molecule is O=C(O)c1ccc(Oc2ccc3cc(-c4cccc5ccccc45)ccc3c2-c2c(Oc3ccc(C(=O)O)c(-c4cccc5ccccc45)c3)ccc3cc(-c4cccc5ccccc45)ccc23)cc1-c1cccc2ccccc12. The van der Waals surface area contributed by atoms with Crippen molar-refractivity contribution >= 4 is 76.6 Å². The average molecular weight is 1030 g/mol. The predicted octanol–water partition coefficient (Wildman–Crippen LogP) is 19.9. The van der Waals surface area contributed by atoms with Crippen LogP contribution in [0.25, 0.3) is 120 Å². The highest BCUT2D eigenvalue weighted by Gasteiger charge is 2.24. The van der Waals surface area contributed by atoms with E-state index in [1.165, 1.54) is 0 Å². The second-order valence-corrected chi connectivity index (χ2v) is 20.1. The van der Waals surface area contributed by atoms with Gasteiger partial charge in [-0.1, -0.05) is 206 Å². The largest absolute Gasteiger partial charge is 0.478 e. The van der Waals surface area contributed by atoms with Crippen molar-refractivity contribution in [2.24, 2.45) is 0 Å². The van der Waals surface area contributed by atoms with E-state index >= 15 is 0 Å². The van der Waals surface area contributed by atoms with Crippen molar-refractivity contribution in [3.63, 3.8) is 0 Å². The van der Waals surface area contributed by atoms with E-state index < -0.39 is 11.9 Å². The topological polar surface area (TPSA) is 93.1 Å². The molecular weight excluding hydrogens is 985 g/mol. The maximum atomic E-state index is 13.0. The van der Waals surface area contributed by atoms with Crippen molar-refractivity contribution < 1.29 is 29.3 Å². The van der Waals surface area contributed by atoms with Crippen LogP contribution in [0.1, 0.15) is 20.7 Å². The molecule has 6 heteroatoms. The van der Waals surface area contributed by atoms with Crippen LogP contribution < -0.4 is 9.47 Å². The molecule has 14 aromatic rings. The summed E-state index contributed by atoms with van der Waals surface area (Å²) in [6, 6.07) is 88.8. The molecule has 0 heterocycles. The number of carboxylic acid groups (broad SMARTS) is 2. The lowest BCUT2D eigenvalue weighted by Gasteiger charge is -2.21. The number of benzene rings is 14. The molecule has 378 valence electrons. The smallest absolute Gasteiger partial charge is 0.336 e. The van der Waals surface area contributed by atoms with Crippen LogP contribution in [0.4, 0.5) is 0 Å². The fourth-order valence-corrected chi connectivity index (χ4v) is 11.8. The summed E-state index contributed by atoms with van der Waals surface area (Å²) in [5.74, 6) is -0.195. The second-order valence-electron chi connectivity index (χ2n) is 20.1. The Morgan fingerprint density at radius 3 is 0.975 bits per heavy atom. The Hall–Kier alpha value is -10.8. The van der Waals surface area contributed by atoms with Gasteiger partial charge in [0.15, 0.2) is 0 Å². The van der Waals surface area contributed by atoms with Gasteiger partial charge in [0.25, 0.3) is 0 Å². The number of hydrogen-bond donors (Lipinski definition) is 2. The van der Waals surface area contributed by atoms with Gasteiger partial charge >= 0.3 is 11.9 Å². The fraction of sp³-hybridized carbons (Fsp3) is 0. The number of fused-ring (bicyclic) bond motifs is 6. The normalized spacial score (nSPS) is 11.4. The van der Waals surface area contributed by atoms with Crippen LogP contribution in [0.5, 0.6) is 23.0 Å². The maximum Gasteiger partial charge on any atom is 0.336 e. The molecule has 0 amide bonds. The Labute approximate surface area is 460 Å². The number of carboxylic acids is 2. The Morgan fingerprint density at radius 2 is 0.600 bits per heavy atom. The van der Waals surface area contributed by atoms with Crippen molar-refractivity contribution in [2.45, 2.75) is 0 Å². The molecule has 0 unspecified atom stereocenters. The van der Waals surface area contributed by atoms with E-state index in [1.807, 2.05) is 109 Å². The highest BCUT2D eigenvalue weighted by atomic mass is 16.5. The van der Waals surface area contributed by atoms with E-state index in [0.717, 1.165) is 109 Å². The first-order valence-corrected chi connectivity index (χ1v) is 26.5. The highest BCUT2D eigenvalue weighted by molar-refractivity contribution is 6.13. The monoisotopic (exact) mass is 1030 g/mol. The molecule has 0 radical (unpaired) electrons. The number of ether oxygens (including phenoxy) is 2. The van der Waals surface area contributed by atoms with Crippen LogP contribution >= 0.6 is 0 Å². The quantitative estimate of drug-likeness (QED) is 0.134. The number of rotatable bonds is 11. The summed E-state index contributed by atoms with van der Waals surface area (Å²) >= 11 is 0. The minimum absolute atomic E-state index is 0.150. The zero-order chi connectivity index (χ0) is 53.8. The van der Waals surface area contributed by atoms with E-state index in [0.29, 0.717) is 34.1 Å². The summed E-state index contributed by atoms with van der Waals surface area (Å²) in [7, 11) is 0. The van der Waals surface area contributed by atoms with Gasteiger partial charge in [-0.3, -0.25) is 0 Å². The van der Waals surface area contributed by atoms with Crippen molar-refractivity contribution in [3.8, 4) is 78.6 Å². The molecule has 0 bridgehead atoms.